The van der Waals surface area contributed by atoms with Crippen molar-refractivity contribution < 1.29 is 18.3 Å². The molecule has 4 nitrogen and oxygen atoms in total. The van der Waals surface area contributed by atoms with Crippen molar-refractivity contribution in [1.29, 1.82) is 0 Å². The number of fused-ring (bicyclic) bond motifs is 1. The fraction of sp³-hybridized carbons (Fsp3) is 0.118. The van der Waals surface area contributed by atoms with Gasteiger partial charge in [0.15, 0.2) is 11.5 Å². The second kappa shape index (κ2) is 5.52. The minimum Gasteiger partial charge on any atom is -0.493 e. The number of hydrogen-bond acceptors (Lipinski definition) is 4. The largest absolute Gasteiger partial charge is 0.493 e. The lowest BCUT2D eigenvalue weighted by Crippen LogP contribution is -1.99. The molecule has 22 heavy (non-hydrogen) atoms. The van der Waals surface area contributed by atoms with Gasteiger partial charge in [-0.3, -0.25) is 0 Å². The predicted molar refractivity (Wildman–Crippen MR) is 81.0 cm³/mol. The number of benzene rings is 2. The zero-order valence-electron chi connectivity index (χ0n) is 12.1. The van der Waals surface area contributed by atoms with Gasteiger partial charge in [0.1, 0.15) is 11.4 Å². The Morgan fingerprint density at radius 1 is 0.955 bits per heavy atom. The average molecular weight is 300 g/mol. The molecule has 0 fully saturated rings. The van der Waals surface area contributed by atoms with Crippen LogP contribution < -0.4 is 15.1 Å². The molecule has 0 atom stereocenters. The van der Waals surface area contributed by atoms with Gasteiger partial charge in [0.2, 0.25) is 0 Å². The molecular formula is C17H13FO4. The molecule has 1 aromatic heterocycles. The van der Waals surface area contributed by atoms with E-state index < -0.39 is 5.63 Å². The summed E-state index contributed by atoms with van der Waals surface area (Å²) in [7, 11) is 3.03. The summed E-state index contributed by atoms with van der Waals surface area (Å²) in [6, 6.07) is 10.6. The maximum absolute atomic E-state index is 13.1. The first kappa shape index (κ1) is 14.1. The lowest BCUT2D eigenvalue weighted by atomic mass is 10.0. The standard InChI is InChI=1S/C17H13FO4/c1-20-15-7-13-12(10-3-5-11(18)6-4-10)8-17(19)22-14(13)9-16(15)21-2/h3-9H,1-2H3. The lowest BCUT2D eigenvalue weighted by molar-refractivity contribution is 0.355. The number of methoxy groups -OCH3 is 2. The minimum atomic E-state index is -0.487. The van der Waals surface area contributed by atoms with E-state index in [1.807, 2.05) is 0 Å². The van der Waals surface area contributed by atoms with Crippen LogP contribution in [0, 0.1) is 5.82 Å². The second-order valence-corrected chi connectivity index (χ2v) is 4.69. The van der Waals surface area contributed by atoms with Crippen LogP contribution in [0.25, 0.3) is 22.1 Å². The van der Waals surface area contributed by atoms with Crippen LogP contribution in [0.15, 0.2) is 51.7 Å². The van der Waals surface area contributed by atoms with Crippen molar-refractivity contribution in [2.24, 2.45) is 0 Å². The van der Waals surface area contributed by atoms with Crippen LogP contribution >= 0.6 is 0 Å². The first-order chi connectivity index (χ1) is 10.6. The van der Waals surface area contributed by atoms with E-state index in [1.165, 1.54) is 32.4 Å². The topological polar surface area (TPSA) is 48.7 Å². The molecule has 2 aromatic carbocycles. The fourth-order valence-electron chi connectivity index (χ4n) is 2.36. The van der Waals surface area contributed by atoms with E-state index in [0.717, 1.165) is 0 Å². The smallest absolute Gasteiger partial charge is 0.336 e. The zero-order valence-corrected chi connectivity index (χ0v) is 12.1. The van der Waals surface area contributed by atoms with Gasteiger partial charge in [-0.25, -0.2) is 9.18 Å². The van der Waals surface area contributed by atoms with Crippen molar-refractivity contribution in [3.8, 4) is 22.6 Å². The third-order valence-corrected chi connectivity index (χ3v) is 3.40. The van der Waals surface area contributed by atoms with Crippen LogP contribution in [0.2, 0.25) is 0 Å². The number of halogens is 1. The number of ether oxygens (including phenoxy) is 2. The monoisotopic (exact) mass is 300 g/mol. The van der Waals surface area contributed by atoms with Crippen molar-refractivity contribution >= 4 is 11.0 Å². The van der Waals surface area contributed by atoms with Gasteiger partial charge >= 0.3 is 5.63 Å². The van der Waals surface area contributed by atoms with Crippen LogP contribution in [-0.2, 0) is 0 Å². The molecule has 5 heteroatoms. The molecule has 1 heterocycles. The highest BCUT2D eigenvalue weighted by Gasteiger charge is 2.13. The van der Waals surface area contributed by atoms with Gasteiger partial charge in [-0.15, -0.1) is 0 Å². The quantitative estimate of drug-likeness (QED) is 0.693. The summed E-state index contributed by atoms with van der Waals surface area (Å²) in [5, 5.41) is 0.684. The highest BCUT2D eigenvalue weighted by Crippen LogP contribution is 2.36. The summed E-state index contributed by atoms with van der Waals surface area (Å²) in [5.41, 5.74) is 1.25. The summed E-state index contributed by atoms with van der Waals surface area (Å²) < 4.78 is 28.8. The summed E-state index contributed by atoms with van der Waals surface area (Å²) in [6.07, 6.45) is 0. The summed E-state index contributed by atoms with van der Waals surface area (Å²) in [6.45, 7) is 0. The van der Waals surface area contributed by atoms with Crippen molar-refractivity contribution in [3.63, 3.8) is 0 Å². The van der Waals surface area contributed by atoms with Gasteiger partial charge in [-0.05, 0) is 29.3 Å². The van der Waals surface area contributed by atoms with Crippen LogP contribution in [0.4, 0.5) is 4.39 Å². The third-order valence-electron chi connectivity index (χ3n) is 3.40. The van der Waals surface area contributed by atoms with Gasteiger partial charge in [-0.2, -0.15) is 0 Å². The fourth-order valence-corrected chi connectivity index (χ4v) is 2.36. The normalized spacial score (nSPS) is 10.7. The Labute approximate surface area is 125 Å². The van der Waals surface area contributed by atoms with Crippen molar-refractivity contribution in [3.05, 3.63) is 58.7 Å². The molecule has 0 unspecified atom stereocenters. The van der Waals surface area contributed by atoms with E-state index in [0.29, 0.717) is 33.6 Å². The summed E-state index contributed by atoms with van der Waals surface area (Å²) in [5.74, 6) is 0.650. The van der Waals surface area contributed by atoms with E-state index in [1.54, 1.807) is 24.3 Å². The van der Waals surface area contributed by atoms with Crippen LogP contribution in [0.1, 0.15) is 0 Å². The Morgan fingerprint density at radius 3 is 2.23 bits per heavy atom. The predicted octanol–water partition coefficient (Wildman–Crippen LogP) is 3.62. The van der Waals surface area contributed by atoms with E-state index in [9.17, 15) is 9.18 Å². The molecule has 112 valence electrons. The van der Waals surface area contributed by atoms with E-state index >= 15 is 0 Å². The van der Waals surface area contributed by atoms with E-state index in [4.69, 9.17) is 13.9 Å². The molecule has 0 saturated heterocycles. The maximum Gasteiger partial charge on any atom is 0.336 e. The highest BCUT2D eigenvalue weighted by molar-refractivity contribution is 5.95. The van der Waals surface area contributed by atoms with Gasteiger partial charge in [0.25, 0.3) is 0 Å². The molecule has 3 aromatic rings. The molecule has 0 aliphatic rings. The van der Waals surface area contributed by atoms with Crippen LogP contribution in [-0.4, -0.2) is 14.2 Å². The zero-order chi connectivity index (χ0) is 15.7. The Balaban J connectivity index is 2.33. The van der Waals surface area contributed by atoms with Gasteiger partial charge < -0.3 is 13.9 Å². The Hall–Kier alpha value is -2.82. The molecule has 0 bridgehead atoms. The van der Waals surface area contributed by atoms with Crippen LogP contribution in [0.3, 0.4) is 0 Å². The Kier molecular flexibility index (Phi) is 3.55. The Morgan fingerprint density at radius 2 is 1.59 bits per heavy atom. The van der Waals surface area contributed by atoms with Crippen molar-refractivity contribution in [1.82, 2.24) is 0 Å². The third kappa shape index (κ3) is 2.41. The molecule has 0 saturated carbocycles. The second-order valence-electron chi connectivity index (χ2n) is 4.69. The average Bonchev–Trinajstić information content (AvgIpc) is 2.53. The maximum atomic E-state index is 13.1. The summed E-state index contributed by atoms with van der Waals surface area (Å²) >= 11 is 0. The molecular weight excluding hydrogens is 287 g/mol. The molecule has 0 aliphatic carbocycles. The van der Waals surface area contributed by atoms with Crippen molar-refractivity contribution in [2.45, 2.75) is 0 Å². The number of rotatable bonds is 3. The van der Waals surface area contributed by atoms with Gasteiger partial charge in [0, 0.05) is 17.5 Å². The van der Waals surface area contributed by atoms with Crippen LogP contribution in [0.5, 0.6) is 11.5 Å². The number of hydrogen-bond donors (Lipinski definition) is 0. The molecule has 0 N–H and O–H groups in total. The van der Waals surface area contributed by atoms with Gasteiger partial charge in [0.05, 0.1) is 14.2 Å². The van der Waals surface area contributed by atoms with Crippen molar-refractivity contribution in [2.75, 3.05) is 14.2 Å². The van der Waals surface area contributed by atoms with E-state index in [-0.39, 0.29) is 5.82 Å². The van der Waals surface area contributed by atoms with E-state index in [2.05, 4.69) is 0 Å². The molecule has 0 amide bonds. The lowest BCUT2D eigenvalue weighted by Gasteiger charge is -2.11. The molecule has 0 aliphatic heterocycles. The highest BCUT2D eigenvalue weighted by atomic mass is 19.1. The Bertz CT molecular complexity index is 882. The first-order valence-corrected chi connectivity index (χ1v) is 6.58. The molecule has 0 radical (unpaired) electrons. The SMILES string of the molecule is COc1cc2oc(=O)cc(-c3ccc(F)cc3)c2cc1OC. The summed E-state index contributed by atoms with van der Waals surface area (Å²) in [4.78, 5) is 11.8. The first-order valence-electron chi connectivity index (χ1n) is 6.58. The minimum absolute atomic E-state index is 0.338. The molecule has 3 rings (SSSR count). The molecule has 0 spiro atoms. The van der Waals surface area contributed by atoms with Gasteiger partial charge in [-0.1, -0.05) is 12.1 Å².